The van der Waals surface area contributed by atoms with Crippen LogP contribution in [0.25, 0.3) is 0 Å². The van der Waals surface area contributed by atoms with Crippen molar-refractivity contribution >= 4 is 47.5 Å². The third-order valence-electron chi connectivity index (χ3n) is 6.05. The van der Waals surface area contributed by atoms with E-state index in [9.17, 15) is 33.6 Å². The summed E-state index contributed by atoms with van der Waals surface area (Å²) < 4.78 is 37.1. The fourth-order valence-corrected chi connectivity index (χ4v) is 4.44. The van der Waals surface area contributed by atoms with Crippen LogP contribution in [0.4, 0.5) is 5.82 Å². The van der Waals surface area contributed by atoms with E-state index in [-0.39, 0.29) is 16.9 Å². The third-order valence-corrected chi connectivity index (χ3v) is 6.05. The number of anilines is 1. The lowest BCUT2D eigenvalue weighted by atomic mass is 9.96. The maximum Gasteiger partial charge on any atom is 0.344 e. The Labute approximate surface area is 238 Å². The van der Waals surface area contributed by atoms with Crippen LogP contribution in [0.15, 0.2) is 0 Å². The summed E-state index contributed by atoms with van der Waals surface area (Å²) in [5.41, 5.74) is -1.16. The molecule has 2 aliphatic heterocycles. The van der Waals surface area contributed by atoms with E-state index >= 15 is 0 Å². The van der Waals surface area contributed by atoms with Gasteiger partial charge < -0.3 is 38.5 Å². The second kappa shape index (κ2) is 12.8. The quantitative estimate of drug-likeness (QED) is 0.218. The molecule has 42 heavy (non-hydrogen) atoms. The van der Waals surface area contributed by atoms with Crippen molar-refractivity contribution in [1.82, 2.24) is 9.88 Å². The van der Waals surface area contributed by atoms with Gasteiger partial charge in [-0.2, -0.15) is 4.98 Å². The largest absolute Gasteiger partial charge is 0.480 e. The highest BCUT2D eigenvalue weighted by Crippen LogP contribution is 2.37. The first-order valence-corrected chi connectivity index (χ1v) is 12.3. The average Bonchev–Trinajstić information content (AvgIpc) is 3.13. The highest BCUT2D eigenvalue weighted by Gasteiger charge is 2.53. The predicted molar refractivity (Wildman–Crippen MR) is 134 cm³/mol. The zero-order valence-corrected chi connectivity index (χ0v) is 23.7. The second-order valence-corrected chi connectivity index (χ2v) is 9.02. The molecule has 1 aromatic heterocycles. The van der Waals surface area contributed by atoms with Gasteiger partial charge in [0.2, 0.25) is 5.88 Å². The van der Waals surface area contributed by atoms with Gasteiger partial charge in [-0.25, -0.2) is 4.79 Å². The zero-order chi connectivity index (χ0) is 31.5. The van der Waals surface area contributed by atoms with Crippen molar-refractivity contribution in [3.63, 3.8) is 0 Å². The van der Waals surface area contributed by atoms with Crippen molar-refractivity contribution in [3.8, 4) is 5.88 Å². The first-order valence-electron chi connectivity index (χ1n) is 12.3. The van der Waals surface area contributed by atoms with Gasteiger partial charge in [0.05, 0.1) is 25.3 Å². The highest BCUT2D eigenvalue weighted by atomic mass is 16.7. The minimum atomic E-state index is -1.56. The number of amides is 2. The van der Waals surface area contributed by atoms with Crippen molar-refractivity contribution in [2.45, 2.75) is 58.3 Å². The summed E-state index contributed by atoms with van der Waals surface area (Å²) in [5, 5.41) is 2.75. The van der Waals surface area contributed by atoms with Gasteiger partial charge in [0.1, 0.15) is 24.1 Å². The van der Waals surface area contributed by atoms with E-state index in [0.29, 0.717) is 0 Å². The standard InChI is InChI=1S/C25H29N3O14/c1-9(29)38-8-13-17(39-10(2)30)18(40-11(3)31)19(41-12(4)32)22(42-13)27-20-15-14(23(33)28(5)24(15)34)16(25(35)37-7)21(26-20)36-6/h13,17-19,22H,8H2,1-7H3,(H,26,27)/t13-,17-,18+,19-,22-/m1/s1. The van der Waals surface area contributed by atoms with E-state index < -0.39 is 90.4 Å². The zero-order valence-electron chi connectivity index (χ0n) is 23.7. The van der Waals surface area contributed by atoms with Gasteiger partial charge in [-0.15, -0.1) is 0 Å². The van der Waals surface area contributed by atoms with Crippen molar-refractivity contribution < 1.29 is 66.7 Å². The van der Waals surface area contributed by atoms with Crippen LogP contribution in [-0.4, -0.2) is 110 Å². The first-order chi connectivity index (χ1) is 19.7. The number of hydrogen-bond donors (Lipinski definition) is 1. The monoisotopic (exact) mass is 595 g/mol. The van der Waals surface area contributed by atoms with Crippen LogP contribution < -0.4 is 10.1 Å². The molecule has 17 heteroatoms. The van der Waals surface area contributed by atoms with Crippen LogP contribution in [-0.2, 0) is 47.6 Å². The van der Waals surface area contributed by atoms with Crippen LogP contribution in [0, 0.1) is 0 Å². The van der Waals surface area contributed by atoms with Gasteiger partial charge in [-0.1, -0.05) is 0 Å². The molecule has 0 aromatic carbocycles. The number of methoxy groups -OCH3 is 2. The van der Waals surface area contributed by atoms with Crippen LogP contribution in [0.2, 0.25) is 0 Å². The molecule has 228 valence electrons. The molecule has 1 saturated heterocycles. The van der Waals surface area contributed by atoms with E-state index in [0.717, 1.165) is 46.8 Å². The van der Waals surface area contributed by atoms with E-state index in [1.165, 1.54) is 7.05 Å². The Kier molecular flexibility index (Phi) is 9.67. The summed E-state index contributed by atoms with van der Waals surface area (Å²) in [5.74, 6) is -6.73. The molecule has 0 spiro atoms. The Morgan fingerprint density at radius 2 is 1.38 bits per heavy atom. The molecule has 5 atom stereocenters. The number of esters is 5. The number of aromatic nitrogens is 1. The molecule has 0 bridgehead atoms. The van der Waals surface area contributed by atoms with Crippen LogP contribution in [0.5, 0.6) is 5.88 Å². The molecule has 2 aliphatic rings. The van der Waals surface area contributed by atoms with Gasteiger partial charge in [-0.3, -0.25) is 33.7 Å². The van der Waals surface area contributed by atoms with E-state index in [1.54, 1.807) is 0 Å². The highest BCUT2D eigenvalue weighted by molar-refractivity contribution is 6.26. The lowest BCUT2D eigenvalue weighted by molar-refractivity contribution is -0.247. The van der Waals surface area contributed by atoms with Crippen molar-refractivity contribution in [3.05, 3.63) is 16.7 Å². The van der Waals surface area contributed by atoms with Gasteiger partial charge in [-0.05, 0) is 0 Å². The number of hydrogen-bond acceptors (Lipinski definition) is 16. The maximum absolute atomic E-state index is 13.1. The molecule has 1 N–H and O–H groups in total. The molecule has 3 heterocycles. The Bertz CT molecular complexity index is 1330. The van der Waals surface area contributed by atoms with Gasteiger partial charge in [0.25, 0.3) is 11.8 Å². The number of fused-ring (bicyclic) bond motifs is 1. The molecule has 0 radical (unpaired) electrons. The third kappa shape index (κ3) is 6.40. The summed E-state index contributed by atoms with van der Waals surface area (Å²) in [6.45, 7) is 3.79. The molecule has 1 fully saturated rings. The normalized spacial score (nSPS) is 22.9. The fraction of sp³-hybridized carbons (Fsp3) is 0.520. The maximum atomic E-state index is 13.1. The van der Waals surface area contributed by atoms with Crippen molar-refractivity contribution in [1.29, 1.82) is 0 Å². The Morgan fingerprint density at radius 3 is 1.90 bits per heavy atom. The number of ether oxygens (including phenoxy) is 7. The SMILES string of the molecule is COC(=O)c1c(OC)nc(N[C@@H]2O[C@H](COC(C)=O)[C@@H](OC(C)=O)[C@H](OC(C)=O)[C@H]2OC(C)=O)c2c1C(=O)N(C)C2=O. The summed E-state index contributed by atoms with van der Waals surface area (Å²) >= 11 is 0. The van der Waals surface area contributed by atoms with Gasteiger partial charge in [0, 0.05) is 34.7 Å². The number of nitrogens with one attached hydrogen (secondary N) is 1. The smallest absolute Gasteiger partial charge is 0.344 e. The van der Waals surface area contributed by atoms with Crippen LogP contribution >= 0.6 is 0 Å². The molecule has 0 unspecified atom stereocenters. The average molecular weight is 596 g/mol. The lowest BCUT2D eigenvalue weighted by Crippen LogP contribution is -2.64. The molecule has 2 amide bonds. The molecule has 17 nitrogen and oxygen atoms in total. The number of nitrogens with zero attached hydrogens (tertiary/aromatic N) is 2. The summed E-state index contributed by atoms with van der Waals surface area (Å²) in [4.78, 5) is 91.4. The number of pyridine rings is 1. The van der Waals surface area contributed by atoms with Crippen LogP contribution in [0.3, 0.4) is 0 Å². The molecule has 3 rings (SSSR count). The number of rotatable bonds is 9. The molecular formula is C25H29N3O14. The first kappa shape index (κ1) is 31.7. The Morgan fingerprint density at radius 1 is 0.833 bits per heavy atom. The summed E-state index contributed by atoms with van der Waals surface area (Å²) in [7, 11) is 3.39. The fourth-order valence-electron chi connectivity index (χ4n) is 4.44. The molecule has 0 saturated carbocycles. The predicted octanol–water partition coefficient (Wildman–Crippen LogP) is -0.402. The Hall–Kier alpha value is -4.80. The number of carbonyl (C=O) groups excluding carboxylic acids is 7. The number of imide groups is 1. The molecular weight excluding hydrogens is 566 g/mol. The van der Waals surface area contributed by atoms with E-state index in [2.05, 4.69) is 10.3 Å². The number of carbonyl (C=O) groups is 7. The topological polar surface area (TPSA) is 212 Å². The van der Waals surface area contributed by atoms with E-state index in [1.807, 2.05) is 0 Å². The molecule has 0 aliphatic carbocycles. The minimum absolute atomic E-state index is 0.349. The summed E-state index contributed by atoms with van der Waals surface area (Å²) in [6, 6.07) is 0. The van der Waals surface area contributed by atoms with Crippen LogP contribution in [0.1, 0.15) is 58.8 Å². The Balaban J connectivity index is 2.21. The minimum Gasteiger partial charge on any atom is -0.480 e. The molecule has 1 aromatic rings. The summed E-state index contributed by atoms with van der Waals surface area (Å²) in [6.07, 6.45) is -7.36. The van der Waals surface area contributed by atoms with Gasteiger partial charge in [0.15, 0.2) is 24.5 Å². The second-order valence-electron chi connectivity index (χ2n) is 9.02. The van der Waals surface area contributed by atoms with Crippen molar-refractivity contribution in [2.24, 2.45) is 0 Å². The van der Waals surface area contributed by atoms with Crippen molar-refractivity contribution in [2.75, 3.05) is 33.2 Å². The van der Waals surface area contributed by atoms with E-state index in [4.69, 9.17) is 33.2 Å². The van der Waals surface area contributed by atoms with Gasteiger partial charge >= 0.3 is 29.8 Å². The lowest BCUT2D eigenvalue weighted by Gasteiger charge is -2.44.